The van der Waals surface area contributed by atoms with Gasteiger partial charge in [0.2, 0.25) is 10.0 Å². The van der Waals surface area contributed by atoms with Crippen LogP contribution in [-0.4, -0.2) is 44.5 Å². The smallest absolute Gasteiger partial charge is 0.241 e. The van der Waals surface area contributed by atoms with Gasteiger partial charge in [-0.3, -0.25) is 0 Å². The first-order chi connectivity index (χ1) is 10.0. The summed E-state index contributed by atoms with van der Waals surface area (Å²) in [4.78, 5) is 0.0188. The Labute approximate surface area is 133 Å². The number of rotatable bonds is 6. The number of halogens is 1. The van der Waals surface area contributed by atoms with E-state index in [9.17, 15) is 12.8 Å². The highest BCUT2D eigenvalue weighted by atomic mass is 32.2. The molecule has 1 saturated heterocycles. The minimum atomic E-state index is -3.69. The molecule has 1 unspecified atom stereocenters. The van der Waals surface area contributed by atoms with Gasteiger partial charge in [-0.15, -0.1) is 0 Å². The van der Waals surface area contributed by atoms with E-state index in [0.29, 0.717) is 18.7 Å². The zero-order valence-electron chi connectivity index (χ0n) is 11.8. The number of thioether (sulfide) groups is 2. The van der Waals surface area contributed by atoms with Crippen molar-refractivity contribution in [3.63, 3.8) is 0 Å². The molecule has 1 aromatic rings. The van der Waals surface area contributed by atoms with Gasteiger partial charge in [0.15, 0.2) is 0 Å². The van der Waals surface area contributed by atoms with Gasteiger partial charge in [0.1, 0.15) is 5.82 Å². The van der Waals surface area contributed by atoms with Gasteiger partial charge in [0, 0.05) is 35.6 Å². The van der Waals surface area contributed by atoms with E-state index in [1.807, 2.05) is 11.8 Å². The lowest BCUT2D eigenvalue weighted by Crippen LogP contribution is -2.34. The molecule has 2 N–H and O–H groups in total. The monoisotopic (exact) mass is 350 g/mol. The fraction of sp³-hybridized carbons (Fsp3) is 0.538. The van der Waals surface area contributed by atoms with Gasteiger partial charge in [-0.05, 0) is 24.7 Å². The maximum absolute atomic E-state index is 13.4. The molecule has 0 saturated carbocycles. The van der Waals surface area contributed by atoms with Gasteiger partial charge in [-0.1, -0.05) is 6.07 Å². The van der Waals surface area contributed by atoms with E-state index in [4.69, 9.17) is 0 Å². The zero-order valence-corrected chi connectivity index (χ0v) is 14.2. The van der Waals surface area contributed by atoms with Crippen LogP contribution in [0.1, 0.15) is 5.56 Å². The van der Waals surface area contributed by atoms with E-state index in [1.165, 1.54) is 12.1 Å². The Bertz CT molecular complexity index is 575. The summed E-state index contributed by atoms with van der Waals surface area (Å²) in [5.41, 5.74) is 0.567. The summed E-state index contributed by atoms with van der Waals surface area (Å²) < 4.78 is 40.8. The topological polar surface area (TPSA) is 58.2 Å². The SMILES string of the molecule is CNCc1ccc(F)cc1S(=O)(=O)NCC1CSCCS1. The zero-order chi connectivity index (χ0) is 15.3. The summed E-state index contributed by atoms with van der Waals surface area (Å²) >= 11 is 3.62. The van der Waals surface area contributed by atoms with Crippen molar-refractivity contribution in [3.8, 4) is 0 Å². The third kappa shape index (κ3) is 4.85. The van der Waals surface area contributed by atoms with Gasteiger partial charge < -0.3 is 5.32 Å². The van der Waals surface area contributed by atoms with Crippen molar-refractivity contribution >= 4 is 33.5 Å². The van der Waals surface area contributed by atoms with Gasteiger partial charge in [-0.2, -0.15) is 23.5 Å². The van der Waals surface area contributed by atoms with Crippen LogP contribution in [0.2, 0.25) is 0 Å². The van der Waals surface area contributed by atoms with Crippen LogP contribution >= 0.6 is 23.5 Å². The molecule has 1 aromatic carbocycles. The molecule has 21 heavy (non-hydrogen) atoms. The Morgan fingerprint density at radius 3 is 2.86 bits per heavy atom. The Morgan fingerprint density at radius 1 is 1.38 bits per heavy atom. The first kappa shape index (κ1) is 17.1. The minimum Gasteiger partial charge on any atom is -0.316 e. The average Bonchev–Trinajstić information content (AvgIpc) is 2.48. The van der Waals surface area contributed by atoms with E-state index < -0.39 is 15.8 Å². The quantitative estimate of drug-likeness (QED) is 0.817. The molecular formula is C13H19FN2O2S3. The molecular weight excluding hydrogens is 331 g/mol. The van der Waals surface area contributed by atoms with Crippen LogP contribution in [0.25, 0.3) is 0 Å². The summed E-state index contributed by atoms with van der Waals surface area (Å²) in [6.45, 7) is 0.764. The second-order valence-electron chi connectivity index (χ2n) is 4.70. The average molecular weight is 351 g/mol. The maximum atomic E-state index is 13.4. The largest absolute Gasteiger partial charge is 0.316 e. The van der Waals surface area contributed by atoms with Crippen molar-refractivity contribution in [2.45, 2.75) is 16.7 Å². The Hall–Kier alpha value is -0.280. The lowest BCUT2D eigenvalue weighted by Gasteiger charge is -2.21. The molecule has 118 valence electrons. The van der Waals surface area contributed by atoms with Crippen LogP contribution in [0.5, 0.6) is 0 Å². The molecule has 0 aromatic heterocycles. The van der Waals surface area contributed by atoms with E-state index in [1.54, 1.807) is 18.8 Å². The van der Waals surface area contributed by atoms with E-state index in [2.05, 4.69) is 10.0 Å². The first-order valence-corrected chi connectivity index (χ1v) is 10.3. The van der Waals surface area contributed by atoms with Crippen molar-refractivity contribution in [2.75, 3.05) is 30.9 Å². The van der Waals surface area contributed by atoms with Crippen LogP contribution < -0.4 is 10.0 Å². The molecule has 2 rings (SSSR count). The Morgan fingerprint density at radius 2 is 2.19 bits per heavy atom. The van der Waals surface area contributed by atoms with Crippen molar-refractivity contribution < 1.29 is 12.8 Å². The number of sulfonamides is 1. The highest BCUT2D eigenvalue weighted by molar-refractivity contribution is 8.06. The van der Waals surface area contributed by atoms with Crippen LogP contribution in [0.3, 0.4) is 0 Å². The molecule has 8 heteroatoms. The second kappa shape index (κ2) is 7.82. The summed E-state index contributed by atoms with van der Waals surface area (Å²) in [5, 5.41) is 3.18. The number of benzene rings is 1. The second-order valence-corrected chi connectivity index (χ2v) is 9.00. The lowest BCUT2D eigenvalue weighted by molar-refractivity contribution is 0.574. The summed E-state index contributed by atoms with van der Waals surface area (Å²) in [5.74, 6) is 2.56. The Kier molecular flexibility index (Phi) is 6.36. The van der Waals surface area contributed by atoms with Crippen LogP contribution in [0.15, 0.2) is 23.1 Å². The van der Waals surface area contributed by atoms with E-state index in [0.717, 1.165) is 23.3 Å². The number of nitrogens with one attached hydrogen (secondary N) is 2. The molecule has 1 aliphatic heterocycles. The van der Waals surface area contributed by atoms with Gasteiger partial charge >= 0.3 is 0 Å². The van der Waals surface area contributed by atoms with E-state index in [-0.39, 0.29) is 10.1 Å². The number of hydrogen-bond donors (Lipinski definition) is 2. The fourth-order valence-corrected chi connectivity index (χ4v) is 6.10. The summed E-state index contributed by atoms with van der Waals surface area (Å²) in [6, 6.07) is 3.86. The molecule has 1 aliphatic rings. The van der Waals surface area contributed by atoms with Gasteiger partial charge in [0.05, 0.1) is 4.90 Å². The standard InChI is InChI=1S/C13H19FN2O2S3/c1-15-7-10-2-3-11(14)6-13(10)21(17,18)16-8-12-9-19-4-5-20-12/h2-3,6,12,15-16H,4-5,7-9H2,1H3. The van der Waals surface area contributed by atoms with Crippen LogP contribution in [0.4, 0.5) is 4.39 Å². The molecule has 0 radical (unpaired) electrons. The molecule has 0 aliphatic carbocycles. The first-order valence-electron chi connectivity index (χ1n) is 6.65. The predicted molar refractivity (Wildman–Crippen MR) is 87.9 cm³/mol. The predicted octanol–water partition coefficient (Wildman–Crippen LogP) is 1.67. The molecule has 1 heterocycles. The van der Waals surface area contributed by atoms with Crippen molar-refractivity contribution in [1.82, 2.24) is 10.0 Å². The molecule has 1 fully saturated rings. The fourth-order valence-electron chi connectivity index (χ4n) is 2.05. The van der Waals surface area contributed by atoms with E-state index >= 15 is 0 Å². The molecule has 0 bridgehead atoms. The summed E-state index contributed by atoms with van der Waals surface area (Å²) in [6.07, 6.45) is 0. The van der Waals surface area contributed by atoms with Crippen molar-refractivity contribution in [2.24, 2.45) is 0 Å². The molecule has 1 atom stereocenters. The van der Waals surface area contributed by atoms with Crippen LogP contribution in [-0.2, 0) is 16.6 Å². The van der Waals surface area contributed by atoms with Crippen LogP contribution in [0, 0.1) is 5.82 Å². The molecule has 0 amide bonds. The summed E-state index contributed by atoms with van der Waals surface area (Å²) in [7, 11) is -1.96. The number of hydrogen-bond acceptors (Lipinski definition) is 5. The normalized spacial score (nSPS) is 19.6. The molecule has 4 nitrogen and oxygen atoms in total. The van der Waals surface area contributed by atoms with Gasteiger partial charge in [-0.25, -0.2) is 17.5 Å². The lowest BCUT2D eigenvalue weighted by atomic mass is 10.2. The highest BCUT2D eigenvalue weighted by Gasteiger charge is 2.22. The van der Waals surface area contributed by atoms with Gasteiger partial charge in [0.25, 0.3) is 0 Å². The Balaban J connectivity index is 2.12. The highest BCUT2D eigenvalue weighted by Crippen LogP contribution is 2.24. The third-order valence-electron chi connectivity index (χ3n) is 3.07. The maximum Gasteiger partial charge on any atom is 0.241 e. The minimum absolute atomic E-state index is 0.0188. The third-order valence-corrected chi connectivity index (χ3v) is 7.42. The van der Waals surface area contributed by atoms with Crippen molar-refractivity contribution in [3.05, 3.63) is 29.6 Å². The molecule has 0 spiro atoms. The van der Waals surface area contributed by atoms with Crippen molar-refractivity contribution in [1.29, 1.82) is 0 Å².